The van der Waals surface area contributed by atoms with Crippen molar-refractivity contribution in [1.29, 1.82) is 0 Å². The second kappa shape index (κ2) is 7.54. The molecular formula is C22H22F3N5O2. The van der Waals surface area contributed by atoms with Crippen LogP contribution in [0.25, 0.3) is 5.65 Å². The van der Waals surface area contributed by atoms with Crippen LogP contribution in [0.3, 0.4) is 0 Å². The van der Waals surface area contributed by atoms with Crippen LogP contribution in [-0.4, -0.2) is 38.7 Å². The van der Waals surface area contributed by atoms with Gasteiger partial charge in [0.1, 0.15) is 11.3 Å². The lowest BCUT2D eigenvalue weighted by atomic mass is 9.83. The highest BCUT2D eigenvalue weighted by molar-refractivity contribution is 6.01. The van der Waals surface area contributed by atoms with Gasteiger partial charge in [-0.1, -0.05) is 6.07 Å². The van der Waals surface area contributed by atoms with E-state index in [0.29, 0.717) is 54.4 Å². The number of alkyl halides is 3. The van der Waals surface area contributed by atoms with E-state index < -0.39 is 17.4 Å². The first-order valence-corrected chi connectivity index (χ1v) is 10.6. The zero-order valence-corrected chi connectivity index (χ0v) is 17.4. The maximum Gasteiger partial charge on any atom is 0.433 e. The summed E-state index contributed by atoms with van der Waals surface area (Å²) in [4.78, 5) is 21.5. The topological polar surface area (TPSA) is 81.4 Å². The standard InChI is InChI=1S/C22H22F3N5O2/c1-13-18(19-27-10-15(14-2-3-14)12-30(19)29-13)20(31)28-21(6-8-32-9-7-21)16-4-5-17(26-11-16)22(23,24)25/h4-5,10-12,14H,2-3,6-9H2,1H3,(H,28,31). The first-order valence-electron chi connectivity index (χ1n) is 10.6. The van der Waals surface area contributed by atoms with Crippen LogP contribution in [-0.2, 0) is 16.5 Å². The number of rotatable bonds is 4. The minimum Gasteiger partial charge on any atom is -0.381 e. The molecule has 1 N–H and O–H groups in total. The van der Waals surface area contributed by atoms with Gasteiger partial charge in [0.05, 0.1) is 11.2 Å². The third-order valence-electron chi connectivity index (χ3n) is 6.25. The normalized spacial score (nSPS) is 18.6. The number of aromatic nitrogens is 4. The van der Waals surface area contributed by atoms with E-state index in [1.807, 2.05) is 6.20 Å². The number of halogens is 3. The molecule has 3 aromatic rings. The van der Waals surface area contributed by atoms with Crippen LogP contribution in [0.15, 0.2) is 30.7 Å². The van der Waals surface area contributed by atoms with Crippen molar-refractivity contribution in [1.82, 2.24) is 24.9 Å². The van der Waals surface area contributed by atoms with E-state index in [2.05, 4.69) is 20.4 Å². The molecule has 1 saturated heterocycles. The second-order valence-corrected chi connectivity index (χ2v) is 8.47. The number of carbonyl (C=O) groups excluding carboxylic acids is 1. The van der Waals surface area contributed by atoms with Crippen molar-refractivity contribution in [3.8, 4) is 0 Å². The third kappa shape index (κ3) is 3.72. The molecule has 32 heavy (non-hydrogen) atoms. The lowest BCUT2D eigenvalue weighted by Gasteiger charge is -2.38. The van der Waals surface area contributed by atoms with Crippen molar-refractivity contribution < 1.29 is 22.7 Å². The molecule has 0 bridgehead atoms. The first kappa shape index (κ1) is 20.9. The van der Waals surface area contributed by atoms with Gasteiger partial charge in [0.25, 0.3) is 5.91 Å². The molecular weight excluding hydrogens is 423 g/mol. The Labute approximate surface area is 182 Å². The molecule has 1 aliphatic heterocycles. The van der Waals surface area contributed by atoms with E-state index in [-0.39, 0.29) is 5.91 Å². The molecule has 0 atom stereocenters. The number of nitrogens with one attached hydrogen (secondary N) is 1. The van der Waals surface area contributed by atoms with Gasteiger partial charge in [-0.25, -0.2) is 9.50 Å². The number of carbonyl (C=O) groups is 1. The van der Waals surface area contributed by atoms with Crippen molar-refractivity contribution in [3.05, 3.63) is 58.8 Å². The Bertz CT molecular complexity index is 1160. The van der Waals surface area contributed by atoms with Crippen LogP contribution >= 0.6 is 0 Å². The van der Waals surface area contributed by atoms with Gasteiger partial charge in [-0.3, -0.25) is 9.78 Å². The van der Waals surface area contributed by atoms with Crippen molar-refractivity contribution in [2.75, 3.05) is 13.2 Å². The van der Waals surface area contributed by atoms with Crippen LogP contribution in [0.4, 0.5) is 13.2 Å². The number of hydrogen-bond acceptors (Lipinski definition) is 5. The van der Waals surface area contributed by atoms with Crippen LogP contribution in [0.5, 0.6) is 0 Å². The summed E-state index contributed by atoms with van der Waals surface area (Å²) in [6, 6.07) is 2.32. The van der Waals surface area contributed by atoms with Crippen molar-refractivity contribution in [3.63, 3.8) is 0 Å². The number of hydrogen-bond donors (Lipinski definition) is 1. The molecule has 0 spiro atoms. The van der Waals surface area contributed by atoms with Crippen LogP contribution < -0.4 is 5.32 Å². The third-order valence-corrected chi connectivity index (χ3v) is 6.25. The zero-order valence-electron chi connectivity index (χ0n) is 17.4. The van der Waals surface area contributed by atoms with Crippen LogP contribution in [0.1, 0.15) is 64.5 Å². The van der Waals surface area contributed by atoms with Crippen LogP contribution in [0.2, 0.25) is 0 Å². The Hall–Kier alpha value is -3.01. The molecule has 0 unspecified atom stereocenters. The maximum atomic E-state index is 13.4. The van der Waals surface area contributed by atoms with Gasteiger partial charge < -0.3 is 10.1 Å². The quantitative estimate of drug-likeness (QED) is 0.661. The Morgan fingerprint density at radius 1 is 1.19 bits per heavy atom. The predicted molar refractivity (Wildman–Crippen MR) is 108 cm³/mol. The number of pyridine rings is 1. The molecule has 1 saturated carbocycles. The minimum absolute atomic E-state index is 0.359. The maximum absolute atomic E-state index is 13.4. The first-order chi connectivity index (χ1) is 15.3. The number of ether oxygens (including phenoxy) is 1. The van der Waals surface area contributed by atoms with Crippen molar-refractivity contribution in [2.45, 2.75) is 50.2 Å². The highest BCUT2D eigenvalue weighted by Gasteiger charge is 2.39. The largest absolute Gasteiger partial charge is 0.433 e. The smallest absolute Gasteiger partial charge is 0.381 e. The summed E-state index contributed by atoms with van der Waals surface area (Å²) in [5.41, 5.74) is 1.11. The summed E-state index contributed by atoms with van der Waals surface area (Å²) in [6.45, 7) is 2.49. The molecule has 2 fully saturated rings. The van der Waals surface area contributed by atoms with Crippen LogP contribution in [0, 0.1) is 6.92 Å². The summed E-state index contributed by atoms with van der Waals surface area (Å²) >= 11 is 0. The van der Waals surface area contributed by atoms with E-state index in [1.165, 1.54) is 12.3 Å². The van der Waals surface area contributed by atoms with E-state index >= 15 is 0 Å². The minimum atomic E-state index is -4.52. The molecule has 2 aliphatic rings. The van der Waals surface area contributed by atoms with Gasteiger partial charge in [0.2, 0.25) is 0 Å². The van der Waals surface area contributed by atoms with E-state index in [1.54, 1.807) is 17.6 Å². The fourth-order valence-electron chi connectivity index (χ4n) is 4.28. The van der Waals surface area contributed by atoms with Gasteiger partial charge in [-0.15, -0.1) is 0 Å². The molecule has 4 heterocycles. The SMILES string of the molecule is Cc1nn2cc(C3CC3)cnc2c1C(=O)NC1(c2ccc(C(F)(F)F)nc2)CCOCC1. The fraction of sp³-hybridized carbons (Fsp3) is 0.455. The van der Waals surface area contributed by atoms with E-state index in [4.69, 9.17) is 4.74 Å². The number of amides is 1. The average molecular weight is 445 g/mol. The molecule has 1 amide bonds. The molecule has 5 rings (SSSR count). The highest BCUT2D eigenvalue weighted by Crippen LogP contribution is 2.40. The highest BCUT2D eigenvalue weighted by atomic mass is 19.4. The Balaban J connectivity index is 1.48. The Morgan fingerprint density at radius 2 is 1.94 bits per heavy atom. The van der Waals surface area contributed by atoms with Gasteiger partial charge >= 0.3 is 6.18 Å². The monoisotopic (exact) mass is 445 g/mol. The molecule has 168 valence electrons. The summed E-state index contributed by atoms with van der Waals surface area (Å²) in [5, 5.41) is 7.52. The fourth-order valence-corrected chi connectivity index (χ4v) is 4.28. The van der Waals surface area contributed by atoms with E-state index in [0.717, 1.165) is 24.5 Å². The number of aryl methyl sites for hydroxylation is 1. The molecule has 3 aromatic heterocycles. The van der Waals surface area contributed by atoms with Crippen molar-refractivity contribution >= 4 is 11.6 Å². The second-order valence-electron chi connectivity index (χ2n) is 8.47. The summed E-state index contributed by atoms with van der Waals surface area (Å²) < 4.78 is 46.0. The molecule has 10 heteroatoms. The Kier molecular flexibility index (Phi) is 4.92. The summed E-state index contributed by atoms with van der Waals surface area (Å²) in [6.07, 6.45) is 3.47. The van der Waals surface area contributed by atoms with Crippen molar-refractivity contribution in [2.24, 2.45) is 0 Å². The van der Waals surface area contributed by atoms with Gasteiger partial charge in [0.15, 0.2) is 5.65 Å². The molecule has 7 nitrogen and oxygen atoms in total. The molecule has 0 aromatic carbocycles. The molecule has 1 aliphatic carbocycles. The lowest BCUT2D eigenvalue weighted by Crippen LogP contribution is -2.49. The average Bonchev–Trinajstić information content (AvgIpc) is 3.55. The number of fused-ring (bicyclic) bond motifs is 1. The number of nitrogens with zero attached hydrogens (tertiary/aromatic N) is 4. The van der Waals surface area contributed by atoms with Gasteiger partial charge in [-0.2, -0.15) is 18.3 Å². The van der Waals surface area contributed by atoms with E-state index in [9.17, 15) is 18.0 Å². The predicted octanol–water partition coefficient (Wildman–Crippen LogP) is 3.76. The summed E-state index contributed by atoms with van der Waals surface area (Å²) in [5.74, 6) is 0.136. The van der Waals surface area contributed by atoms with Gasteiger partial charge in [-0.05, 0) is 55.7 Å². The summed E-state index contributed by atoms with van der Waals surface area (Å²) in [7, 11) is 0. The lowest BCUT2D eigenvalue weighted by molar-refractivity contribution is -0.141. The Morgan fingerprint density at radius 3 is 2.56 bits per heavy atom. The zero-order chi connectivity index (χ0) is 22.5. The molecule has 0 radical (unpaired) electrons. The van der Waals surface area contributed by atoms with Gasteiger partial charge in [0, 0.05) is 31.8 Å².